The van der Waals surface area contributed by atoms with Crippen LogP contribution in [0.2, 0.25) is 0 Å². The van der Waals surface area contributed by atoms with E-state index in [1.807, 2.05) is 0 Å². The van der Waals surface area contributed by atoms with Crippen LogP contribution >= 0.6 is 0 Å². The number of methoxy groups -OCH3 is 1. The van der Waals surface area contributed by atoms with Crippen LogP contribution in [-0.4, -0.2) is 25.4 Å². The summed E-state index contributed by atoms with van der Waals surface area (Å²) >= 11 is 0. The van der Waals surface area contributed by atoms with Crippen molar-refractivity contribution in [1.82, 2.24) is 5.32 Å². The molecule has 0 saturated heterocycles. The number of ether oxygens (including phenoxy) is 2. The molecule has 0 spiro atoms. The summed E-state index contributed by atoms with van der Waals surface area (Å²) in [5, 5.41) is 2.76. The van der Waals surface area contributed by atoms with Crippen LogP contribution < -0.4 is 14.8 Å². The second kappa shape index (κ2) is 8.28. The van der Waals surface area contributed by atoms with Crippen LogP contribution in [0.15, 0.2) is 42.5 Å². The molecule has 0 bridgehead atoms. The Balaban J connectivity index is 1.99. The third-order valence-corrected chi connectivity index (χ3v) is 3.67. The zero-order valence-electron chi connectivity index (χ0n) is 14.3. The quantitative estimate of drug-likeness (QED) is 0.782. The average Bonchev–Trinajstić information content (AvgIpc) is 2.60. The second-order valence-corrected chi connectivity index (χ2v) is 5.55. The Hall–Kier alpha value is -2.89. The van der Waals surface area contributed by atoms with Crippen LogP contribution in [0.3, 0.4) is 0 Å². The fourth-order valence-corrected chi connectivity index (χ4v) is 2.30. The first-order valence-electron chi connectivity index (χ1n) is 7.77. The van der Waals surface area contributed by atoms with Gasteiger partial charge in [0, 0.05) is 6.07 Å². The Morgan fingerprint density at radius 2 is 1.84 bits per heavy atom. The summed E-state index contributed by atoms with van der Waals surface area (Å²) in [4.78, 5) is 23.7. The average molecular weight is 345 g/mol. The Bertz CT molecular complexity index is 759. The fourth-order valence-electron chi connectivity index (χ4n) is 2.30. The van der Waals surface area contributed by atoms with Crippen LogP contribution in [0.25, 0.3) is 0 Å². The molecule has 0 saturated carbocycles. The third-order valence-electron chi connectivity index (χ3n) is 3.67. The topological polar surface area (TPSA) is 64.6 Å². The Kier molecular flexibility index (Phi) is 6.11. The van der Waals surface area contributed by atoms with E-state index in [9.17, 15) is 14.0 Å². The number of ketones is 1. The van der Waals surface area contributed by atoms with Gasteiger partial charge in [-0.2, -0.15) is 0 Å². The predicted octanol–water partition coefficient (Wildman–Crippen LogP) is 3.29. The molecule has 1 N–H and O–H groups in total. The molecule has 132 valence electrons. The summed E-state index contributed by atoms with van der Waals surface area (Å²) in [5.41, 5.74) is 1.15. The van der Waals surface area contributed by atoms with Gasteiger partial charge in [-0.25, -0.2) is 4.39 Å². The number of nitrogens with one attached hydrogen (secondary N) is 1. The Morgan fingerprint density at radius 3 is 2.44 bits per heavy atom. The van der Waals surface area contributed by atoms with Crippen molar-refractivity contribution in [2.75, 3.05) is 13.7 Å². The van der Waals surface area contributed by atoms with Gasteiger partial charge in [0.1, 0.15) is 17.3 Å². The zero-order valence-corrected chi connectivity index (χ0v) is 14.3. The van der Waals surface area contributed by atoms with Crippen LogP contribution in [0.5, 0.6) is 11.5 Å². The van der Waals surface area contributed by atoms with E-state index < -0.39 is 0 Å². The van der Waals surface area contributed by atoms with E-state index in [0.29, 0.717) is 11.3 Å². The summed E-state index contributed by atoms with van der Waals surface area (Å²) < 4.78 is 23.5. The van der Waals surface area contributed by atoms with Gasteiger partial charge in [-0.05, 0) is 43.7 Å². The maximum absolute atomic E-state index is 12.9. The van der Waals surface area contributed by atoms with Crippen molar-refractivity contribution in [3.63, 3.8) is 0 Å². The first-order valence-corrected chi connectivity index (χ1v) is 7.77. The number of hydrogen-bond donors (Lipinski definition) is 1. The second-order valence-electron chi connectivity index (χ2n) is 5.55. The lowest BCUT2D eigenvalue weighted by atomic mass is 10.1. The minimum atomic E-state index is -0.353. The van der Waals surface area contributed by atoms with E-state index in [1.54, 1.807) is 37.3 Å². The number of hydrogen-bond acceptors (Lipinski definition) is 4. The molecular weight excluding hydrogens is 325 g/mol. The number of Topliss-reactive ketones (excluding diaryl/α,β-unsaturated/α-hetero) is 1. The number of carbonyl (C=O) groups is 2. The summed E-state index contributed by atoms with van der Waals surface area (Å²) in [6, 6.07) is 10.4. The van der Waals surface area contributed by atoms with E-state index in [4.69, 9.17) is 9.47 Å². The lowest BCUT2D eigenvalue weighted by Gasteiger charge is -2.16. The van der Waals surface area contributed by atoms with Gasteiger partial charge in [0.25, 0.3) is 5.91 Å². The molecule has 0 aliphatic rings. The number of amides is 1. The monoisotopic (exact) mass is 345 g/mol. The van der Waals surface area contributed by atoms with Crippen LogP contribution in [0.4, 0.5) is 4.39 Å². The normalized spacial score (nSPS) is 11.5. The molecule has 2 aromatic rings. The highest BCUT2D eigenvalue weighted by molar-refractivity contribution is 5.97. The molecule has 2 aromatic carbocycles. The molecule has 2 rings (SSSR count). The number of benzene rings is 2. The maximum atomic E-state index is 12.9. The van der Waals surface area contributed by atoms with Crippen molar-refractivity contribution in [1.29, 1.82) is 0 Å². The fraction of sp³-hybridized carbons (Fsp3) is 0.263. The van der Waals surface area contributed by atoms with Crippen LogP contribution in [-0.2, 0) is 4.79 Å². The molecule has 0 aliphatic carbocycles. The molecule has 1 atom stereocenters. The lowest BCUT2D eigenvalue weighted by molar-refractivity contribution is -0.123. The van der Waals surface area contributed by atoms with Gasteiger partial charge >= 0.3 is 0 Å². The molecule has 6 heteroatoms. The van der Waals surface area contributed by atoms with Crippen molar-refractivity contribution < 1.29 is 23.5 Å². The smallest absolute Gasteiger partial charge is 0.258 e. The standard InChI is InChI=1S/C19H20FNO4/c1-12(14-4-6-15(20)7-5-14)21-19(23)11-25-18-10-16(24-3)8-9-17(18)13(2)22/h4-10,12H,11H2,1-3H3,(H,21,23)/t12-/m0/s1. The van der Waals surface area contributed by atoms with Gasteiger partial charge < -0.3 is 14.8 Å². The Morgan fingerprint density at radius 1 is 1.16 bits per heavy atom. The minimum absolute atomic E-state index is 0.169. The van der Waals surface area contributed by atoms with E-state index in [1.165, 1.54) is 26.2 Å². The van der Waals surface area contributed by atoms with Gasteiger partial charge in [-0.15, -0.1) is 0 Å². The minimum Gasteiger partial charge on any atom is -0.497 e. The van der Waals surface area contributed by atoms with Gasteiger partial charge in [0.2, 0.25) is 0 Å². The molecule has 0 aliphatic heterocycles. The van der Waals surface area contributed by atoms with Crippen molar-refractivity contribution in [3.8, 4) is 11.5 Å². The molecule has 0 aromatic heterocycles. The first-order chi connectivity index (χ1) is 11.9. The molecule has 5 nitrogen and oxygen atoms in total. The third kappa shape index (κ3) is 5.04. The van der Waals surface area contributed by atoms with Crippen molar-refractivity contribution in [2.45, 2.75) is 19.9 Å². The number of carbonyl (C=O) groups excluding carboxylic acids is 2. The van der Waals surface area contributed by atoms with Gasteiger partial charge in [0.05, 0.1) is 18.7 Å². The highest BCUT2D eigenvalue weighted by atomic mass is 19.1. The van der Waals surface area contributed by atoms with Crippen molar-refractivity contribution in [3.05, 3.63) is 59.4 Å². The summed E-state index contributed by atoms with van der Waals surface area (Å²) in [5.74, 6) is -0.0381. The van der Waals surface area contributed by atoms with Gasteiger partial charge in [0.15, 0.2) is 12.4 Å². The molecule has 0 heterocycles. The summed E-state index contributed by atoms with van der Waals surface area (Å²) in [7, 11) is 1.50. The van der Waals surface area contributed by atoms with E-state index in [-0.39, 0.29) is 35.9 Å². The number of rotatable bonds is 7. The Labute approximate surface area is 145 Å². The van der Waals surface area contributed by atoms with E-state index in [2.05, 4.69) is 5.32 Å². The number of halogens is 1. The zero-order chi connectivity index (χ0) is 18.4. The molecule has 1 amide bonds. The summed E-state index contributed by atoms with van der Waals surface area (Å²) in [6.07, 6.45) is 0. The SMILES string of the molecule is COc1ccc(C(C)=O)c(OCC(=O)N[C@@H](C)c2ccc(F)cc2)c1. The maximum Gasteiger partial charge on any atom is 0.258 e. The molecule has 0 radical (unpaired) electrons. The van der Waals surface area contributed by atoms with Gasteiger partial charge in [-0.1, -0.05) is 12.1 Å². The predicted molar refractivity (Wildman–Crippen MR) is 91.5 cm³/mol. The van der Waals surface area contributed by atoms with Crippen molar-refractivity contribution >= 4 is 11.7 Å². The first kappa shape index (κ1) is 18.4. The largest absolute Gasteiger partial charge is 0.497 e. The molecule has 25 heavy (non-hydrogen) atoms. The van der Waals surface area contributed by atoms with Gasteiger partial charge in [-0.3, -0.25) is 9.59 Å². The highest BCUT2D eigenvalue weighted by Gasteiger charge is 2.14. The lowest BCUT2D eigenvalue weighted by Crippen LogP contribution is -2.31. The van der Waals surface area contributed by atoms with Crippen LogP contribution in [0.1, 0.15) is 35.8 Å². The van der Waals surface area contributed by atoms with E-state index >= 15 is 0 Å². The van der Waals surface area contributed by atoms with Crippen LogP contribution in [0, 0.1) is 5.82 Å². The van der Waals surface area contributed by atoms with E-state index in [0.717, 1.165) is 5.56 Å². The highest BCUT2D eigenvalue weighted by Crippen LogP contribution is 2.25. The molecule has 0 fully saturated rings. The van der Waals surface area contributed by atoms with Crippen molar-refractivity contribution in [2.24, 2.45) is 0 Å². The molecule has 0 unspecified atom stereocenters. The summed E-state index contributed by atoms with van der Waals surface area (Å²) in [6.45, 7) is 2.96. The molecular formula is C19H20FNO4.